The van der Waals surface area contributed by atoms with E-state index in [9.17, 15) is 9.59 Å². The van der Waals surface area contributed by atoms with Crippen LogP contribution in [0.2, 0.25) is 5.02 Å². The van der Waals surface area contributed by atoms with E-state index >= 15 is 0 Å². The fourth-order valence-corrected chi connectivity index (χ4v) is 2.64. The van der Waals surface area contributed by atoms with E-state index in [1.54, 1.807) is 12.1 Å². The summed E-state index contributed by atoms with van der Waals surface area (Å²) in [7, 11) is 0. The van der Waals surface area contributed by atoms with Gasteiger partial charge in [-0.1, -0.05) is 36.9 Å². The predicted molar refractivity (Wildman–Crippen MR) is 73.6 cm³/mol. The number of anilines is 1. The van der Waals surface area contributed by atoms with Gasteiger partial charge in [0.05, 0.1) is 16.3 Å². The molecule has 1 amide bonds. The van der Waals surface area contributed by atoms with E-state index in [1.165, 1.54) is 6.07 Å². The second-order valence-electron chi connectivity index (χ2n) is 4.79. The van der Waals surface area contributed by atoms with E-state index in [2.05, 4.69) is 5.32 Å². The van der Waals surface area contributed by atoms with Gasteiger partial charge in [-0.05, 0) is 25.0 Å². The lowest BCUT2D eigenvalue weighted by Gasteiger charge is -2.21. The lowest BCUT2D eigenvalue weighted by atomic mass is 9.88. The number of hydrogen-bond acceptors (Lipinski definition) is 2. The fraction of sp³-hybridized carbons (Fsp3) is 0.429. The molecule has 19 heavy (non-hydrogen) atoms. The zero-order valence-corrected chi connectivity index (χ0v) is 11.2. The SMILES string of the molecule is O=C(O)c1cccc(Cl)c1NC(=O)C1CCCCC1. The molecule has 0 saturated heterocycles. The van der Waals surface area contributed by atoms with Crippen LogP contribution in [0.3, 0.4) is 0 Å². The van der Waals surface area contributed by atoms with Crippen LogP contribution < -0.4 is 5.32 Å². The van der Waals surface area contributed by atoms with Gasteiger partial charge in [0, 0.05) is 5.92 Å². The Morgan fingerprint density at radius 2 is 1.89 bits per heavy atom. The van der Waals surface area contributed by atoms with Crippen molar-refractivity contribution < 1.29 is 14.7 Å². The summed E-state index contributed by atoms with van der Waals surface area (Å²) in [5, 5.41) is 12.0. The lowest BCUT2D eigenvalue weighted by Crippen LogP contribution is -2.25. The Balaban J connectivity index is 2.18. The lowest BCUT2D eigenvalue weighted by molar-refractivity contribution is -0.120. The molecule has 1 aliphatic carbocycles. The molecule has 102 valence electrons. The van der Waals surface area contributed by atoms with Gasteiger partial charge < -0.3 is 10.4 Å². The summed E-state index contributed by atoms with van der Waals surface area (Å²) in [4.78, 5) is 23.3. The quantitative estimate of drug-likeness (QED) is 0.890. The normalized spacial score (nSPS) is 16.1. The minimum atomic E-state index is -1.10. The van der Waals surface area contributed by atoms with E-state index in [0.717, 1.165) is 32.1 Å². The average Bonchev–Trinajstić information content (AvgIpc) is 2.41. The van der Waals surface area contributed by atoms with Gasteiger partial charge in [0.25, 0.3) is 0 Å². The molecule has 0 radical (unpaired) electrons. The predicted octanol–water partition coefficient (Wildman–Crippen LogP) is 3.56. The highest BCUT2D eigenvalue weighted by molar-refractivity contribution is 6.34. The summed E-state index contributed by atoms with van der Waals surface area (Å²) >= 11 is 5.98. The van der Waals surface area contributed by atoms with Crippen molar-refractivity contribution in [2.24, 2.45) is 5.92 Å². The first-order valence-corrected chi connectivity index (χ1v) is 6.80. The number of aromatic carboxylic acids is 1. The molecule has 2 rings (SSSR count). The van der Waals surface area contributed by atoms with Crippen molar-refractivity contribution in [3.63, 3.8) is 0 Å². The number of nitrogens with one attached hydrogen (secondary N) is 1. The number of carboxylic acid groups (broad SMARTS) is 1. The molecular weight excluding hydrogens is 266 g/mol. The van der Waals surface area contributed by atoms with Gasteiger partial charge in [-0.2, -0.15) is 0 Å². The number of amides is 1. The summed E-state index contributed by atoms with van der Waals surface area (Å²) in [6.07, 6.45) is 4.98. The largest absolute Gasteiger partial charge is 0.478 e. The molecule has 0 aliphatic heterocycles. The van der Waals surface area contributed by atoms with Crippen molar-refractivity contribution in [3.05, 3.63) is 28.8 Å². The number of benzene rings is 1. The minimum Gasteiger partial charge on any atom is -0.478 e. The zero-order valence-electron chi connectivity index (χ0n) is 10.5. The third kappa shape index (κ3) is 3.26. The minimum absolute atomic E-state index is 0.0247. The summed E-state index contributed by atoms with van der Waals surface area (Å²) < 4.78 is 0. The molecule has 0 aromatic heterocycles. The van der Waals surface area contributed by atoms with Crippen LogP contribution in [-0.4, -0.2) is 17.0 Å². The first-order chi connectivity index (χ1) is 9.09. The maximum Gasteiger partial charge on any atom is 0.337 e. The number of para-hydroxylation sites is 1. The fourth-order valence-electron chi connectivity index (χ4n) is 2.42. The van der Waals surface area contributed by atoms with Crippen LogP contribution in [0, 0.1) is 5.92 Å². The summed E-state index contributed by atoms with van der Waals surface area (Å²) in [5.74, 6) is -1.26. The van der Waals surface area contributed by atoms with Crippen molar-refractivity contribution in [2.75, 3.05) is 5.32 Å². The van der Waals surface area contributed by atoms with Crippen LogP contribution in [-0.2, 0) is 4.79 Å². The molecule has 4 nitrogen and oxygen atoms in total. The van der Waals surface area contributed by atoms with Crippen LogP contribution in [0.15, 0.2) is 18.2 Å². The molecule has 0 unspecified atom stereocenters. The molecule has 1 aliphatic rings. The van der Waals surface area contributed by atoms with Crippen molar-refractivity contribution in [1.29, 1.82) is 0 Å². The molecule has 0 heterocycles. The number of hydrogen-bond donors (Lipinski definition) is 2. The van der Waals surface area contributed by atoms with E-state index in [0.29, 0.717) is 0 Å². The van der Waals surface area contributed by atoms with Gasteiger partial charge in [0.1, 0.15) is 0 Å². The number of carboxylic acids is 1. The van der Waals surface area contributed by atoms with E-state index in [4.69, 9.17) is 16.7 Å². The highest BCUT2D eigenvalue weighted by atomic mass is 35.5. The third-order valence-electron chi connectivity index (χ3n) is 3.47. The van der Waals surface area contributed by atoms with Crippen molar-refractivity contribution >= 4 is 29.2 Å². The van der Waals surface area contributed by atoms with Crippen LogP contribution in [0.1, 0.15) is 42.5 Å². The molecule has 0 spiro atoms. The highest BCUT2D eigenvalue weighted by Gasteiger charge is 2.23. The highest BCUT2D eigenvalue weighted by Crippen LogP contribution is 2.29. The van der Waals surface area contributed by atoms with Gasteiger partial charge >= 0.3 is 5.97 Å². The number of halogens is 1. The Morgan fingerprint density at radius 1 is 1.21 bits per heavy atom. The monoisotopic (exact) mass is 281 g/mol. The molecule has 1 fully saturated rings. The Hall–Kier alpha value is -1.55. The van der Waals surface area contributed by atoms with Crippen molar-refractivity contribution in [3.8, 4) is 0 Å². The second kappa shape index (κ2) is 6.06. The molecule has 1 aromatic rings. The zero-order chi connectivity index (χ0) is 13.8. The third-order valence-corrected chi connectivity index (χ3v) is 3.78. The topological polar surface area (TPSA) is 66.4 Å². The van der Waals surface area contributed by atoms with E-state index in [-0.39, 0.29) is 28.1 Å². The van der Waals surface area contributed by atoms with Crippen LogP contribution >= 0.6 is 11.6 Å². The molecule has 0 atom stereocenters. The smallest absolute Gasteiger partial charge is 0.337 e. The molecular formula is C14H16ClNO3. The standard InChI is InChI=1S/C14H16ClNO3/c15-11-8-4-7-10(14(18)19)12(11)16-13(17)9-5-2-1-3-6-9/h4,7-9H,1-3,5-6H2,(H,16,17)(H,18,19). The van der Waals surface area contributed by atoms with Gasteiger partial charge in [-0.15, -0.1) is 0 Å². The molecule has 0 bridgehead atoms. The number of carbonyl (C=O) groups excluding carboxylic acids is 1. The Bertz CT molecular complexity index is 495. The molecule has 5 heteroatoms. The molecule has 1 aromatic carbocycles. The first-order valence-electron chi connectivity index (χ1n) is 6.42. The Morgan fingerprint density at radius 3 is 2.53 bits per heavy atom. The Kier molecular flexibility index (Phi) is 4.43. The molecule has 1 saturated carbocycles. The molecule has 2 N–H and O–H groups in total. The average molecular weight is 282 g/mol. The maximum absolute atomic E-state index is 12.1. The maximum atomic E-state index is 12.1. The number of carbonyl (C=O) groups is 2. The summed E-state index contributed by atoms with van der Waals surface area (Å²) in [5.41, 5.74) is 0.226. The van der Waals surface area contributed by atoms with E-state index in [1.807, 2.05) is 0 Å². The van der Waals surface area contributed by atoms with Gasteiger partial charge in [-0.25, -0.2) is 4.79 Å². The van der Waals surface area contributed by atoms with Gasteiger partial charge in [0.2, 0.25) is 5.91 Å². The first kappa shape index (κ1) is 13.9. The second-order valence-corrected chi connectivity index (χ2v) is 5.20. The Labute approximate surface area is 116 Å². The van der Waals surface area contributed by atoms with Gasteiger partial charge in [-0.3, -0.25) is 4.79 Å². The van der Waals surface area contributed by atoms with Crippen molar-refractivity contribution in [2.45, 2.75) is 32.1 Å². The van der Waals surface area contributed by atoms with Crippen LogP contribution in [0.5, 0.6) is 0 Å². The van der Waals surface area contributed by atoms with E-state index < -0.39 is 5.97 Å². The van der Waals surface area contributed by atoms with Crippen LogP contribution in [0.4, 0.5) is 5.69 Å². The number of rotatable bonds is 3. The summed E-state index contributed by atoms with van der Waals surface area (Å²) in [6.45, 7) is 0. The summed E-state index contributed by atoms with van der Waals surface area (Å²) in [6, 6.07) is 4.57. The van der Waals surface area contributed by atoms with Gasteiger partial charge in [0.15, 0.2) is 0 Å². The van der Waals surface area contributed by atoms with Crippen molar-refractivity contribution in [1.82, 2.24) is 0 Å². The van der Waals surface area contributed by atoms with Crippen LogP contribution in [0.25, 0.3) is 0 Å².